The first kappa shape index (κ1) is 12.7. The minimum atomic E-state index is -4.30. The Bertz CT molecular complexity index is 190. The van der Waals surface area contributed by atoms with E-state index in [1.165, 1.54) is 0 Å². The molecule has 15 heavy (non-hydrogen) atoms. The molecule has 2 N–H and O–H groups in total. The quantitative estimate of drug-likeness (QED) is 0.644. The van der Waals surface area contributed by atoms with Crippen LogP contribution in [0.1, 0.15) is 0 Å². The minimum absolute atomic E-state index is 0.0566. The van der Waals surface area contributed by atoms with Crippen molar-refractivity contribution in [2.45, 2.75) is 18.4 Å². The summed E-state index contributed by atoms with van der Waals surface area (Å²) in [5.74, 6) is 0. The molecule has 2 atom stereocenters. The lowest BCUT2D eigenvalue weighted by Crippen LogP contribution is -2.28. The van der Waals surface area contributed by atoms with Gasteiger partial charge in [0.2, 0.25) is 0 Å². The van der Waals surface area contributed by atoms with Crippen molar-refractivity contribution in [1.82, 2.24) is 4.90 Å². The van der Waals surface area contributed by atoms with Gasteiger partial charge in [-0.1, -0.05) is 0 Å². The topological polar surface area (TPSA) is 52.9 Å². The fourth-order valence-electron chi connectivity index (χ4n) is 1.41. The third kappa shape index (κ3) is 4.78. The number of aliphatic hydroxyl groups is 2. The van der Waals surface area contributed by atoms with Crippen LogP contribution in [0.25, 0.3) is 0 Å². The first-order valence-corrected chi connectivity index (χ1v) is 4.61. The van der Waals surface area contributed by atoms with Gasteiger partial charge in [-0.05, 0) is 0 Å². The number of rotatable bonds is 4. The third-order valence-electron chi connectivity index (χ3n) is 2.15. The molecule has 1 heterocycles. The summed E-state index contributed by atoms with van der Waals surface area (Å²) in [4.78, 5) is 1.66. The van der Waals surface area contributed by atoms with Crippen molar-refractivity contribution in [3.8, 4) is 0 Å². The van der Waals surface area contributed by atoms with E-state index >= 15 is 0 Å². The zero-order valence-corrected chi connectivity index (χ0v) is 8.07. The second kappa shape index (κ2) is 5.11. The van der Waals surface area contributed by atoms with Gasteiger partial charge in [0, 0.05) is 19.6 Å². The molecular weight excluding hydrogens is 215 g/mol. The van der Waals surface area contributed by atoms with Crippen LogP contribution >= 0.6 is 0 Å². The van der Waals surface area contributed by atoms with Crippen LogP contribution in [0.5, 0.6) is 0 Å². The predicted molar refractivity (Wildman–Crippen MR) is 45.3 cm³/mol. The van der Waals surface area contributed by atoms with Crippen molar-refractivity contribution in [3.05, 3.63) is 0 Å². The van der Waals surface area contributed by atoms with E-state index in [4.69, 9.17) is 10.2 Å². The zero-order chi connectivity index (χ0) is 11.5. The maximum Gasteiger partial charge on any atom is 0.411 e. The highest BCUT2D eigenvalue weighted by molar-refractivity contribution is 4.82. The molecule has 0 aromatic rings. The number of hydrogen-bond donors (Lipinski definition) is 2. The Hall–Kier alpha value is -0.370. The molecule has 0 amide bonds. The minimum Gasteiger partial charge on any atom is -0.389 e. The number of halogens is 3. The Balaban J connectivity index is 2.07. The number of alkyl halides is 3. The van der Waals surface area contributed by atoms with Crippen LogP contribution < -0.4 is 0 Å². The molecule has 0 radical (unpaired) electrons. The van der Waals surface area contributed by atoms with Crippen LogP contribution in [0.4, 0.5) is 13.2 Å². The molecule has 2 unspecified atom stereocenters. The highest BCUT2D eigenvalue weighted by atomic mass is 19.4. The number of aliphatic hydroxyl groups excluding tert-OH is 2. The van der Waals surface area contributed by atoms with Gasteiger partial charge in [0.25, 0.3) is 0 Å². The molecule has 0 aromatic carbocycles. The van der Waals surface area contributed by atoms with Gasteiger partial charge in [-0.25, -0.2) is 0 Å². The molecule has 1 saturated heterocycles. The molecule has 0 saturated carbocycles. The summed E-state index contributed by atoms with van der Waals surface area (Å²) < 4.78 is 39.4. The first-order valence-electron chi connectivity index (χ1n) is 4.61. The molecule has 7 heteroatoms. The summed E-state index contributed by atoms with van der Waals surface area (Å²) in [6.45, 7) is -0.484. The standard InChI is InChI=1S/C8H14F3NO3/c9-8(10,11)5-15-2-1-12-3-6(13)7(14)4-12/h6-7,13-14H,1-5H2. The average Bonchev–Trinajstić information content (AvgIpc) is 2.39. The lowest BCUT2D eigenvalue weighted by atomic mass is 10.3. The molecular formula is C8H14F3NO3. The van der Waals surface area contributed by atoms with E-state index in [9.17, 15) is 13.2 Å². The molecule has 1 aliphatic rings. The van der Waals surface area contributed by atoms with Crippen LogP contribution in [0.3, 0.4) is 0 Å². The smallest absolute Gasteiger partial charge is 0.389 e. The average molecular weight is 229 g/mol. The van der Waals surface area contributed by atoms with E-state index in [0.717, 1.165) is 0 Å². The van der Waals surface area contributed by atoms with Crippen molar-refractivity contribution in [3.63, 3.8) is 0 Å². The van der Waals surface area contributed by atoms with Crippen molar-refractivity contribution >= 4 is 0 Å². The molecule has 0 bridgehead atoms. The molecule has 0 spiro atoms. The van der Waals surface area contributed by atoms with Crippen LogP contribution in [-0.4, -0.2) is 66.3 Å². The molecule has 0 aliphatic carbocycles. The van der Waals surface area contributed by atoms with Gasteiger partial charge < -0.3 is 14.9 Å². The van der Waals surface area contributed by atoms with Gasteiger partial charge in [-0.3, -0.25) is 4.90 Å². The van der Waals surface area contributed by atoms with Crippen LogP contribution in [0, 0.1) is 0 Å². The van der Waals surface area contributed by atoms with Gasteiger partial charge in [0.1, 0.15) is 6.61 Å². The lowest BCUT2D eigenvalue weighted by Gasteiger charge is -2.15. The highest BCUT2D eigenvalue weighted by Gasteiger charge is 2.30. The van der Waals surface area contributed by atoms with Crippen LogP contribution in [0.15, 0.2) is 0 Å². The van der Waals surface area contributed by atoms with Crippen LogP contribution in [-0.2, 0) is 4.74 Å². The largest absolute Gasteiger partial charge is 0.411 e. The maximum atomic E-state index is 11.7. The maximum absolute atomic E-state index is 11.7. The summed E-state index contributed by atoms with van der Waals surface area (Å²) in [6, 6.07) is 0. The zero-order valence-electron chi connectivity index (χ0n) is 8.07. The van der Waals surface area contributed by atoms with Crippen molar-refractivity contribution in [2.75, 3.05) is 32.8 Å². The molecule has 0 aromatic heterocycles. The second-order valence-electron chi connectivity index (χ2n) is 3.56. The molecule has 1 aliphatic heterocycles. The van der Waals surface area contributed by atoms with Crippen molar-refractivity contribution in [1.29, 1.82) is 0 Å². The molecule has 1 fully saturated rings. The number of likely N-dealkylation sites (tertiary alicyclic amines) is 1. The highest BCUT2D eigenvalue weighted by Crippen LogP contribution is 2.14. The van der Waals surface area contributed by atoms with Gasteiger partial charge in [-0.15, -0.1) is 0 Å². The Morgan fingerprint density at radius 3 is 2.20 bits per heavy atom. The normalized spacial score (nSPS) is 28.6. The van der Waals surface area contributed by atoms with Crippen LogP contribution in [0.2, 0.25) is 0 Å². The fourth-order valence-corrected chi connectivity index (χ4v) is 1.41. The molecule has 90 valence electrons. The van der Waals surface area contributed by atoms with Gasteiger partial charge in [0.15, 0.2) is 0 Å². The lowest BCUT2D eigenvalue weighted by molar-refractivity contribution is -0.174. The molecule has 1 rings (SSSR count). The Kier molecular flexibility index (Phi) is 4.32. The monoisotopic (exact) mass is 229 g/mol. The fraction of sp³-hybridized carbons (Fsp3) is 1.00. The van der Waals surface area contributed by atoms with Crippen molar-refractivity contribution < 1.29 is 28.1 Å². The van der Waals surface area contributed by atoms with E-state index in [-0.39, 0.29) is 26.2 Å². The third-order valence-corrected chi connectivity index (χ3v) is 2.15. The van der Waals surface area contributed by atoms with Gasteiger partial charge >= 0.3 is 6.18 Å². The van der Waals surface area contributed by atoms with E-state index in [1.807, 2.05) is 0 Å². The van der Waals surface area contributed by atoms with Gasteiger partial charge in [0.05, 0.1) is 18.8 Å². The number of nitrogens with zero attached hydrogens (tertiary/aromatic N) is 1. The number of β-amino-alcohol motifs (C(OH)–C–C–N with tert-alkyl or cyclic N) is 2. The summed E-state index contributed by atoms with van der Waals surface area (Å²) >= 11 is 0. The number of ether oxygens (including phenoxy) is 1. The van der Waals surface area contributed by atoms with Gasteiger partial charge in [-0.2, -0.15) is 13.2 Å². The van der Waals surface area contributed by atoms with Crippen molar-refractivity contribution in [2.24, 2.45) is 0 Å². The van der Waals surface area contributed by atoms with E-state index < -0.39 is 25.0 Å². The molecule has 4 nitrogen and oxygen atoms in total. The Morgan fingerprint density at radius 2 is 1.73 bits per heavy atom. The predicted octanol–water partition coefficient (Wildman–Crippen LogP) is -0.397. The summed E-state index contributed by atoms with van der Waals surface area (Å²) in [5.41, 5.74) is 0. The SMILES string of the molecule is OC1CN(CCOCC(F)(F)F)CC1O. The summed E-state index contributed by atoms with van der Waals surface area (Å²) in [6.07, 6.45) is -5.93. The van der Waals surface area contributed by atoms with E-state index in [0.29, 0.717) is 0 Å². The summed E-state index contributed by atoms with van der Waals surface area (Å²) in [5, 5.41) is 18.3. The Morgan fingerprint density at radius 1 is 1.20 bits per heavy atom. The first-order chi connectivity index (χ1) is 6.88. The Labute approximate surface area is 85.2 Å². The number of hydrogen-bond acceptors (Lipinski definition) is 4. The second-order valence-corrected chi connectivity index (χ2v) is 3.56. The van der Waals surface area contributed by atoms with E-state index in [2.05, 4.69) is 4.74 Å². The van der Waals surface area contributed by atoms with E-state index in [1.54, 1.807) is 4.90 Å². The summed E-state index contributed by atoms with van der Waals surface area (Å²) in [7, 11) is 0.